The molecule has 0 amide bonds. The van der Waals surface area contributed by atoms with Gasteiger partial charge in [-0.3, -0.25) is 0 Å². The molecule has 6 rings (SSSR count). The highest BCUT2D eigenvalue weighted by Crippen LogP contribution is 2.39. The molecule has 0 aromatic heterocycles. The van der Waals surface area contributed by atoms with E-state index in [2.05, 4.69) is 74.7 Å². The first-order chi connectivity index (χ1) is 27.5. The summed E-state index contributed by atoms with van der Waals surface area (Å²) in [7, 11) is 0. The van der Waals surface area contributed by atoms with Gasteiger partial charge < -0.3 is 0 Å². The Morgan fingerprint density at radius 1 is 0.464 bits per heavy atom. The maximum atomic E-state index is 8.86. The summed E-state index contributed by atoms with van der Waals surface area (Å²) in [5.41, 5.74) is 6.56. The molecule has 296 valence electrons. The molecule has 3 heteroatoms. The fourth-order valence-corrected chi connectivity index (χ4v) is 9.42. The van der Waals surface area contributed by atoms with Gasteiger partial charge in [0, 0.05) is 0 Å². The van der Waals surface area contributed by atoms with E-state index in [0.717, 1.165) is 46.8 Å². The lowest BCUT2D eigenvalue weighted by atomic mass is 9.77. The van der Waals surface area contributed by atoms with Crippen LogP contribution in [0.15, 0.2) is 98.1 Å². The number of unbranched alkanes of at least 4 members (excludes halogenated alkanes) is 4. The molecule has 0 bridgehead atoms. The number of rotatable bonds is 14. The Balaban J connectivity index is 0.000000188. The number of nitrogens with zero attached hydrogens (tertiary/aromatic N) is 3. The molecule has 0 unspecified atom stereocenters. The summed E-state index contributed by atoms with van der Waals surface area (Å²) >= 11 is 0. The van der Waals surface area contributed by atoms with Gasteiger partial charge in [0.25, 0.3) is 0 Å². The number of hydrogen-bond acceptors (Lipinski definition) is 3. The summed E-state index contributed by atoms with van der Waals surface area (Å²) in [6.07, 6.45) is 32.2. The highest BCUT2D eigenvalue weighted by Gasteiger charge is 2.24. The molecular weight excluding hydrogens is 679 g/mol. The van der Waals surface area contributed by atoms with Gasteiger partial charge >= 0.3 is 0 Å². The second-order valence-electron chi connectivity index (χ2n) is 16.9. The first-order valence-corrected chi connectivity index (χ1v) is 22.2. The average Bonchev–Trinajstić information content (AvgIpc) is 3.27. The molecule has 0 aliphatic heterocycles. The zero-order valence-electron chi connectivity index (χ0n) is 34.7. The van der Waals surface area contributed by atoms with E-state index in [1.54, 1.807) is 0 Å². The van der Waals surface area contributed by atoms with Gasteiger partial charge in [-0.05, 0) is 185 Å². The van der Waals surface area contributed by atoms with Crippen LogP contribution in [-0.2, 0) is 0 Å². The topological polar surface area (TPSA) is 71.4 Å². The van der Waals surface area contributed by atoms with Crippen LogP contribution in [0.4, 0.5) is 0 Å². The lowest BCUT2D eigenvalue weighted by Crippen LogP contribution is -2.13. The van der Waals surface area contributed by atoms with Crippen molar-refractivity contribution in [2.45, 2.75) is 160 Å². The Kier molecular flexibility index (Phi) is 20.3. The number of benzene rings is 3. The molecule has 0 N–H and O–H groups in total. The van der Waals surface area contributed by atoms with Gasteiger partial charge in [-0.25, -0.2) is 0 Å². The molecule has 3 fully saturated rings. The minimum Gasteiger partial charge on any atom is -0.192 e. The van der Waals surface area contributed by atoms with Gasteiger partial charge in [-0.1, -0.05) is 94.0 Å². The zero-order chi connectivity index (χ0) is 39.8. The predicted molar refractivity (Wildman–Crippen MR) is 235 cm³/mol. The fraction of sp³-hybridized carbons (Fsp3) is 0.528. The Morgan fingerprint density at radius 3 is 1.16 bits per heavy atom. The van der Waals surface area contributed by atoms with Crippen molar-refractivity contribution in [1.29, 1.82) is 15.8 Å². The molecule has 0 spiro atoms. The molecule has 3 aromatic carbocycles. The average molecular weight is 748 g/mol. The zero-order valence-corrected chi connectivity index (χ0v) is 34.7. The lowest BCUT2D eigenvalue weighted by Gasteiger charge is -2.29. The molecule has 3 aliphatic rings. The van der Waals surface area contributed by atoms with Gasteiger partial charge in [0.1, 0.15) is 0 Å². The van der Waals surface area contributed by atoms with Crippen molar-refractivity contribution in [2.24, 2.45) is 17.8 Å². The highest BCUT2D eigenvalue weighted by molar-refractivity contribution is 5.35. The largest absolute Gasteiger partial charge is 0.192 e. The molecule has 0 saturated heterocycles. The summed E-state index contributed by atoms with van der Waals surface area (Å²) in [4.78, 5) is 0. The van der Waals surface area contributed by atoms with Crippen LogP contribution in [0, 0.1) is 51.7 Å². The van der Waals surface area contributed by atoms with Crippen LogP contribution in [-0.4, -0.2) is 0 Å². The van der Waals surface area contributed by atoms with Gasteiger partial charge in [0.05, 0.1) is 34.9 Å². The first kappa shape index (κ1) is 44.3. The summed E-state index contributed by atoms with van der Waals surface area (Å²) in [6.45, 7) is 9.90. The molecular formula is C53H69N3. The third-order valence-corrected chi connectivity index (χ3v) is 13.1. The van der Waals surface area contributed by atoms with E-state index in [9.17, 15) is 0 Å². The molecule has 0 radical (unpaired) electrons. The Labute approximate surface area is 341 Å². The SMILES string of the molecule is C=CCC1CCC(c2ccc(C#N)cc2)CC1.C=CCCC1CCC(c2ccc(C#N)cc2)CC1.CCCCCCCC1CCC(c2ccc(C#N)cc2)CC1. The van der Waals surface area contributed by atoms with Gasteiger partial charge in [0.2, 0.25) is 0 Å². The summed E-state index contributed by atoms with van der Waals surface area (Å²) in [6, 6.07) is 31.1. The van der Waals surface area contributed by atoms with E-state index in [4.69, 9.17) is 15.8 Å². The van der Waals surface area contributed by atoms with Crippen molar-refractivity contribution in [3.8, 4) is 18.2 Å². The predicted octanol–water partition coefficient (Wildman–Crippen LogP) is 15.4. The van der Waals surface area contributed by atoms with Crippen molar-refractivity contribution < 1.29 is 0 Å². The molecule has 3 saturated carbocycles. The second-order valence-corrected chi connectivity index (χ2v) is 16.9. The minimum absolute atomic E-state index is 0.698. The second kappa shape index (κ2) is 25.7. The molecule has 0 atom stereocenters. The van der Waals surface area contributed by atoms with Crippen LogP contribution in [0.1, 0.15) is 193 Å². The molecule has 0 heterocycles. The van der Waals surface area contributed by atoms with Gasteiger partial charge in [-0.15, -0.1) is 13.2 Å². The first-order valence-electron chi connectivity index (χ1n) is 22.2. The molecule has 56 heavy (non-hydrogen) atoms. The summed E-state index contributed by atoms with van der Waals surface area (Å²) in [5, 5.41) is 26.4. The normalized spacial score (nSPS) is 23.0. The summed E-state index contributed by atoms with van der Waals surface area (Å²) in [5.74, 6) is 4.86. The Hall–Kier alpha value is -4.39. The van der Waals surface area contributed by atoms with Crippen molar-refractivity contribution in [2.75, 3.05) is 0 Å². The summed E-state index contributed by atoms with van der Waals surface area (Å²) < 4.78 is 0. The highest BCUT2D eigenvalue weighted by atomic mass is 14.3. The third-order valence-electron chi connectivity index (χ3n) is 13.1. The van der Waals surface area contributed by atoms with Gasteiger partial charge in [-0.2, -0.15) is 15.8 Å². The van der Waals surface area contributed by atoms with Crippen LogP contribution >= 0.6 is 0 Å². The quantitative estimate of drug-likeness (QED) is 0.122. The maximum Gasteiger partial charge on any atom is 0.0991 e. The van der Waals surface area contributed by atoms with Crippen molar-refractivity contribution in [1.82, 2.24) is 0 Å². The minimum atomic E-state index is 0.698. The van der Waals surface area contributed by atoms with Crippen molar-refractivity contribution in [3.63, 3.8) is 0 Å². The lowest BCUT2D eigenvalue weighted by molar-refractivity contribution is 0.302. The van der Waals surface area contributed by atoms with Crippen molar-refractivity contribution >= 4 is 0 Å². The smallest absolute Gasteiger partial charge is 0.0991 e. The Bertz CT molecular complexity index is 1660. The number of hydrogen-bond donors (Lipinski definition) is 0. The van der Waals surface area contributed by atoms with Crippen LogP contribution in [0.5, 0.6) is 0 Å². The van der Waals surface area contributed by atoms with E-state index in [-0.39, 0.29) is 0 Å². The maximum absolute atomic E-state index is 8.86. The van der Waals surface area contributed by atoms with Crippen LogP contribution in [0.3, 0.4) is 0 Å². The van der Waals surface area contributed by atoms with E-state index < -0.39 is 0 Å². The van der Waals surface area contributed by atoms with Crippen LogP contribution < -0.4 is 0 Å². The fourth-order valence-electron chi connectivity index (χ4n) is 9.42. The Morgan fingerprint density at radius 2 is 0.821 bits per heavy atom. The van der Waals surface area contributed by atoms with Crippen LogP contribution in [0.2, 0.25) is 0 Å². The molecule has 3 nitrogen and oxygen atoms in total. The molecule has 3 aromatic rings. The third kappa shape index (κ3) is 15.3. The number of allylic oxidation sites excluding steroid dienone is 2. The van der Waals surface area contributed by atoms with E-state index in [1.807, 2.05) is 48.6 Å². The van der Waals surface area contributed by atoms with E-state index in [0.29, 0.717) is 11.8 Å². The standard InChI is InChI=1S/C20H29N.C17H21N.C16H19N/c1-2-3-4-5-6-7-17-8-12-19(13-9-17)20-14-10-18(16-21)11-15-20;1-2-3-4-14-5-9-16(10-6-14)17-11-7-15(13-18)8-12-17;1-2-3-13-4-8-15(9-5-13)16-10-6-14(12-17)7-11-16/h10-11,14-15,17,19H,2-9,12-13H2,1H3;2,7-8,11-12,14,16H,1,3-6,9-10H2;2,6-7,10-11,13,15H,1,3-5,8-9H2. The number of nitriles is 3. The van der Waals surface area contributed by atoms with E-state index >= 15 is 0 Å². The van der Waals surface area contributed by atoms with Crippen molar-refractivity contribution in [3.05, 3.63) is 131 Å². The monoisotopic (exact) mass is 748 g/mol. The van der Waals surface area contributed by atoms with Crippen LogP contribution in [0.25, 0.3) is 0 Å². The van der Waals surface area contributed by atoms with E-state index in [1.165, 1.54) is 145 Å². The van der Waals surface area contributed by atoms with Gasteiger partial charge in [0.15, 0.2) is 0 Å². The molecule has 3 aliphatic carbocycles.